The van der Waals surface area contributed by atoms with Gasteiger partial charge in [-0.1, -0.05) is 103 Å². The van der Waals surface area contributed by atoms with Crippen molar-refractivity contribution in [1.82, 2.24) is 5.32 Å². The smallest absolute Gasteiger partial charge is 0.390 e. The fraction of sp³-hybridized carbons (Fsp3) is 1.00. The highest BCUT2D eigenvalue weighted by molar-refractivity contribution is 6.57. The fourth-order valence-corrected chi connectivity index (χ4v) is 4.58. The molecule has 0 radical (unpaired) electrons. The molecule has 0 atom stereocenters. The molecule has 0 aromatic carbocycles. The summed E-state index contributed by atoms with van der Waals surface area (Å²) in [4.78, 5) is 19.3. The number of hydrogen-bond acceptors (Lipinski definition) is 5. The summed E-state index contributed by atoms with van der Waals surface area (Å²) in [6.45, 7) is 3.84. The third-order valence-corrected chi connectivity index (χ3v) is 6.93. The average molecular weight is 419 g/mol. The second kappa shape index (κ2) is 21.7. The summed E-state index contributed by atoms with van der Waals surface area (Å²) in [5, 5.41) is 3.13. The van der Waals surface area contributed by atoms with Crippen molar-refractivity contribution in [2.75, 3.05) is 19.8 Å². The van der Waals surface area contributed by atoms with Crippen LogP contribution in [0.15, 0.2) is 0 Å². The quantitative estimate of drug-likeness (QED) is 0.105. The molecule has 6 heteroatoms. The van der Waals surface area contributed by atoms with Crippen molar-refractivity contribution in [2.45, 2.75) is 122 Å². The molecule has 0 aliphatic carbocycles. The molecule has 170 valence electrons. The van der Waals surface area contributed by atoms with Gasteiger partial charge in [0.25, 0.3) is 0 Å². The van der Waals surface area contributed by atoms with E-state index in [1.165, 1.54) is 96.3 Å². The molecule has 5 N–H and O–H groups in total. The lowest BCUT2D eigenvalue weighted by atomic mass is 10.0. The van der Waals surface area contributed by atoms with Crippen molar-refractivity contribution >= 4 is 8.80 Å². The van der Waals surface area contributed by atoms with Gasteiger partial charge in [0, 0.05) is 6.04 Å². The molecule has 0 spiro atoms. The van der Waals surface area contributed by atoms with Gasteiger partial charge < -0.3 is 19.8 Å². The van der Waals surface area contributed by atoms with Gasteiger partial charge in [0.1, 0.15) is 0 Å². The van der Waals surface area contributed by atoms with Crippen LogP contribution in [0.1, 0.15) is 116 Å². The van der Waals surface area contributed by atoms with E-state index < -0.39 is 8.80 Å². The van der Waals surface area contributed by atoms with Gasteiger partial charge >= 0.3 is 8.80 Å². The van der Waals surface area contributed by atoms with Crippen LogP contribution in [0.4, 0.5) is 0 Å². The van der Waals surface area contributed by atoms with Crippen LogP contribution in [0.5, 0.6) is 0 Å². The molecule has 0 aromatic rings. The normalized spacial score (nSPS) is 12.0. The predicted octanol–water partition coefficient (Wildman–Crippen LogP) is 5.08. The van der Waals surface area contributed by atoms with E-state index in [-0.39, 0.29) is 12.8 Å². The maximum Gasteiger partial charge on any atom is 0.496 e. The van der Waals surface area contributed by atoms with Gasteiger partial charge in [-0.3, -0.25) is 5.32 Å². The number of nitrogens with two attached hydrogens (primary N) is 1. The van der Waals surface area contributed by atoms with Crippen LogP contribution in [-0.2, 0) is 4.43 Å². The van der Waals surface area contributed by atoms with Crippen molar-refractivity contribution in [2.24, 2.45) is 5.73 Å². The minimum Gasteiger partial charge on any atom is -0.390 e. The van der Waals surface area contributed by atoms with E-state index in [1.54, 1.807) is 0 Å². The first-order valence-electron chi connectivity index (χ1n) is 12.1. The maximum absolute atomic E-state index is 9.67. The lowest BCUT2D eigenvalue weighted by Crippen LogP contribution is -2.42. The Morgan fingerprint density at radius 1 is 0.679 bits per heavy atom. The molecule has 0 heterocycles. The summed E-state index contributed by atoms with van der Waals surface area (Å²) >= 11 is 0. The second-order valence-electron chi connectivity index (χ2n) is 8.23. The summed E-state index contributed by atoms with van der Waals surface area (Å²) < 4.78 is 5.14. The van der Waals surface area contributed by atoms with Crippen molar-refractivity contribution in [3.05, 3.63) is 0 Å². The zero-order valence-electron chi connectivity index (χ0n) is 18.7. The second-order valence-corrected chi connectivity index (χ2v) is 10.5. The van der Waals surface area contributed by atoms with Gasteiger partial charge in [0.2, 0.25) is 0 Å². The van der Waals surface area contributed by atoms with Crippen molar-refractivity contribution in [1.29, 1.82) is 0 Å². The number of rotatable bonds is 23. The van der Waals surface area contributed by atoms with Gasteiger partial charge in [-0.25, -0.2) is 0 Å². The molecule has 0 saturated carbocycles. The predicted molar refractivity (Wildman–Crippen MR) is 122 cm³/mol. The fourth-order valence-electron chi connectivity index (χ4n) is 3.44. The first-order chi connectivity index (χ1) is 13.6. The molecule has 0 fully saturated rings. The van der Waals surface area contributed by atoms with Gasteiger partial charge in [-0.2, -0.15) is 0 Å². The molecule has 0 aliphatic rings. The third-order valence-electron chi connectivity index (χ3n) is 5.32. The molecule has 0 amide bonds. The number of nitrogens with one attached hydrogen (secondary N) is 1. The molecule has 5 nitrogen and oxygen atoms in total. The summed E-state index contributed by atoms with van der Waals surface area (Å²) in [5.41, 5.74) is 5.37. The summed E-state index contributed by atoms with van der Waals surface area (Å²) in [7, 11) is -3.48. The Morgan fingerprint density at radius 2 is 1.11 bits per heavy atom. The van der Waals surface area contributed by atoms with Gasteiger partial charge in [-0.05, 0) is 25.9 Å². The molecule has 0 bridgehead atoms. The zero-order chi connectivity index (χ0) is 20.8. The minimum absolute atomic E-state index is 0.225. The van der Waals surface area contributed by atoms with Crippen LogP contribution >= 0.6 is 0 Å². The van der Waals surface area contributed by atoms with E-state index in [1.807, 2.05) is 0 Å². The highest BCUT2D eigenvalue weighted by atomic mass is 28.4. The molecule has 0 saturated heterocycles. The topological polar surface area (TPSA) is 87.7 Å². The molecule has 0 rings (SSSR count). The summed E-state index contributed by atoms with van der Waals surface area (Å²) in [6.07, 6.45) is 22.6. The standard InChI is InChI=1S/C22H50N2O3Si/c1-2-3-4-5-6-7-8-9-10-11-12-13-14-15-16-17-20-24-22-27-28(25,26)21-18-19-23/h24-26H,2-23H2,1H3. The Labute approximate surface area is 176 Å². The molecular weight excluding hydrogens is 368 g/mol. The Bertz CT molecular complexity index is 308. The van der Waals surface area contributed by atoms with Crippen LogP contribution in [0.25, 0.3) is 0 Å². The van der Waals surface area contributed by atoms with Crippen molar-refractivity contribution in [3.63, 3.8) is 0 Å². The highest BCUT2D eigenvalue weighted by Crippen LogP contribution is 2.13. The highest BCUT2D eigenvalue weighted by Gasteiger charge is 2.30. The first kappa shape index (κ1) is 28.0. The molecule has 0 unspecified atom stereocenters. The van der Waals surface area contributed by atoms with E-state index in [9.17, 15) is 9.59 Å². The van der Waals surface area contributed by atoms with Gasteiger partial charge in [-0.15, -0.1) is 0 Å². The van der Waals surface area contributed by atoms with Crippen LogP contribution in [-0.4, -0.2) is 38.2 Å². The average Bonchev–Trinajstić information content (AvgIpc) is 2.68. The zero-order valence-corrected chi connectivity index (χ0v) is 19.7. The lowest BCUT2D eigenvalue weighted by molar-refractivity contribution is 0.134. The summed E-state index contributed by atoms with van der Waals surface area (Å²) in [5.74, 6) is 0. The van der Waals surface area contributed by atoms with Crippen LogP contribution < -0.4 is 11.1 Å². The van der Waals surface area contributed by atoms with Crippen LogP contribution in [0, 0.1) is 0 Å². The van der Waals surface area contributed by atoms with E-state index >= 15 is 0 Å². The Kier molecular flexibility index (Phi) is 21.7. The van der Waals surface area contributed by atoms with E-state index in [4.69, 9.17) is 10.2 Å². The molecular formula is C22H50N2O3Si. The lowest BCUT2D eigenvalue weighted by Gasteiger charge is -2.17. The SMILES string of the molecule is CCCCCCCCCCCCCCCCCCNCO[Si](O)(O)CCCN. The van der Waals surface area contributed by atoms with Crippen molar-refractivity contribution in [3.8, 4) is 0 Å². The molecule has 0 aliphatic heterocycles. The maximum atomic E-state index is 9.67. The van der Waals surface area contributed by atoms with Crippen LogP contribution in [0.2, 0.25) is 6.04 Å². The molecule has 0 aromatic heterocycles. The Balaban J connectivity index is 3.12. The monoisotopic (exact) mass is 418 g/mol. The number of hydrogen-bond donors (Lipinski definition) is 4. The van der Waals surface area contributed by atoms with E-state index in [0.29, 0.717) is 13.0 Å². The Morgan fingerprint density at radius 3 is 1.54 bits per heavy atom. The Hall–Kier alpha value is 0.0169. The van der Waals surface area contributed by atoms with Crippen molar-refractivity contribution < 1.29 is 14.0 Å². The largest absolute Gasteiger partial charge is 0.496 e. The summed E-state index contributed by atoms with van der Waals surface area (Å²) in [6, 6.07) is 0.282. The third kappa shape index (κ3) is 22.3. The van der Waals surface area contributed by atoms with Gasteiger partial charge in [0.05, 0.1) is 6.73 Å². The minimum atomic E-state index is -3.48. The van der Waals surface area contributed by atoms with E-state index in [0.717, 1.165) is 13.0 Å². The van der Waals surface area contributed by atoms with Gasteiger partial charge in [0.15, 0.2) is 0 Å². The first-order valence-corrected chi connectivity index (χ1v) is 14.1. The molecule has 28 heavy (non-hydrogen) atoms. The van der Waals surface area contributed by atoms with Crippen LogP contribution in [0.3, 0.4) is 0 Å². The number of unbranched alkanes of at least 4 members (excludes halogenated alkanes) is 15. The van der Waals surface area contributed by atoms with E-state index in [2.05, 4.69) is 12.2 Å².